The Balaban J connectivity index is 1.55. The highest BCUT2D eigenvalue weighted by molar-refractivity contribution is 7.89. The molecular weight excluding hydrogens is 465 g/mol. The summed E-state index contributed by atoms with van der Waals surface area (Å²) in [7, 11) is -2.72. The minimum Gasteiger partial charge on any atom is -0.379 e. The molecule has 4 rings (SSSR count). The number of carbonyl (C=O) groups is 1. The van der Waals surface area contributed by atoms with Crippen molar-refractivity contribution in [3.05, 3.63) is 12.3 Å². The second kappa shape index (κ2) is 9.13. The third kappa shape index (κ3) is 4.90. The number of rotatable bonds is 4. The number of piperazine rings is 1. The van der Waals surface area contributed by atoms with Crippen molar-refractivity contribution in [1.29, 1.82) is 0 Å². The molecule has 0 bridgehead atoms. The molecule has 4 heterocycles. The van der Waals surface area contributed by atoms with E-state index in [1.54, 1.807) is 0 Å². The van der Waals surface area contributed by atoms with Crippen molar-refractivity contribution in [3.8, 4) is 0 Å². The number of piperidine rings is 1. The Bertz CT molecular complexity index is 971. The van der Waals surface area contributed by atoms with Crippen LogP contribution < -0.4 is 5.32 Å². The van der Waals surface area contributed by atoms with E-state index in [4.69, 9.17) is 4.74 Å². The minimum absolute atomic E-state index is 0.0644. The number of carbonyl (C=O) groups excluding carboxylic acids is 1. The third-order valence-corrected chi connectivity index (χ3v) is 8.62. The van der Waals surface area contributed by atoms with E-state index in [9.17, 15) is 26.4 Å². The second-order valence-corrected chi connectivity index (χ2v) is 10.7. The lowest BCUT2D eigenvalue weighted by Crippen LogP contribution is -2.68. The van der Waals surface area contributed by atoms with Crippen molar-refractivity contribution < 1.29 is 31.1 Å². The zero-order chi connectivity index (χ0) is 24.0. The van der Waals surface area contributed by atoms with Crippen LogP contribution in [0.3, 0.4) is 0 Å². The highest BCUT2D eigenvalue weighted by Gasteiger charge is 2.52. The van der Waals surface area contributed by atoms with E-state index in [1.165, 1.54) is 24.2 Å². The van der Waals surface area contributed by atoms with Crippen molar-refractivity contribution in [1.82, 2.24) is 29.2 Å². The zero-order valence-corrected chi connectivity index (χ0v) is 19.3. The highest BCUT2D eigenvalue weighted by Crippen LogP contribution is 2.33. The van der Waals surface area contributed by atoms with Gasteiger partial charge in [-0.1, -0.05) is 0 Å². The molecular formula is C19H29F3N6O4S. The molecule has 1 aromatic rings. The number of ether oxygens (including phenoxy) is 1. The van der Waals surface area contributed by atoms with Crippen LogP contribution in [0.4, 0.5) is 13.2 Å². The molecule has 1 N–H and O–H groups in total. The summed E-state index contributed by atoms with van der Waals surface area (Å²) in [5.74, 6) is -0.305. The fraction of sp³-hybridized carbons (Fsp3) is 0.789. The summed E-state index contributed by atoms with van der Waals surface area (Å²) < 4.78 is 75.7. The third-order valence-electron chi connectivity index (χ3n) is 6.67. The van der Waals surface area contributed by atoms with Gasteiger partial charge >= 0.3 is 6.18 Å². The molecule has 0 aliphatic carbocycles. The lowest BCUT2D eigenvalue weighted by Gasteiger charge is -2.49. The van der Waals surface area contributed by atoms with Crippen LogP contribution in [0.25, 0.3) is 0 Å². The summed E-state index contributed by atoms with van der Waals surface area (Å²) in [6.07, 6.45) is -3.68. The normalized spacial score (nSPS) is 31.5. The van der Waals surface area contributed by atoms with Crippen LogP contribution in [0, 0.1) is 0 Å². The lowest BCUT2D eigenvalue weighted by atomic mass is 9.97. The van der Waals surface area contributed by atoms with Crippen molar-refractivity contribution >= 4 is 15.9 Å². The molecule has 0 radical (unpaired) electrons. The Morgan fingerprint density at radius 2 is 1.97 bits per heavy atom. The van der Waals surface area contributed by atoms with Gasteiger partial charge in [-0.2, -0.15) is 22.6 Å². The second-order valence-electron chi connectivity index (χ2n) is 8.79. The summed E-state index contributed by atoms with van der Waals surface area (Å²) in [4.78, 5) is 15.8. The Morgan fingerprint density at radius 3 is 2.61 bits per heavy atom. The molecule has 3 aliphatic rings. The number of hydrogen-bond acceptors (Lipinski definition) is 7. The smallest absolute Gasteiger partial charge is 0.379 e. The Labute approximate surface area is 190 Å². The standard InChI is InChI=1S/C19H29F3N6O4S/c1-13-12-32-8-7-27(13)14-9-16(24-17(29)10-14)28-6-5-26(11-15(28)19(20,21)22)33(30,31)18-3-4-23-25(18)2/h3-4,13-16H,5-12H2,1-2H3,(H,24,29)/t13-,14?,15?,16?/m1/s1. The molecule has 3 unspecified atom stereocenters. The van der Waals surface area contributed by atoms with E-state index < -0.39 is 35.0 Å². The summed E-state index contributed by atoms with van der Waals surface area (Å²) in [6.45, 7) is 2.60. The predicted molar refractivity (Wildman–Crippen MR) is 110 cm³/mol. The van der Waals surface area contributed by atoms with Crippen molar-refractivity contribution in [3.63, 3.8) is 0 Å². The fourth-order valence-corrected chi connectivity index (χ4v) is 6.55. The Morgan fingerprint density at radius 1 is 1.21 bits per heavy atom. The van der Waals surface area contributed by atoms with Gasteiger partial charge in [0.1, 0.15) is 6.04 Å². The Hall–Kier alpha value is -1.74. The summed E-state index contributed by atoms with van der Waals surface area (Å²) in [6, 6.07) is -0.914. The van der Waals surface area contributed by atoms with Crippen molar-refractivity contribution in [2.75, 3.05) is 39.4 Å². The number of morpholine rings is 1. The first-order chi connectivity index (χ1) is 15.5. The van der Waals surface area contributed by atoms with Crippen LogP contribution >= 0.6 is 0 Å². The fourth-order valence-electron chi connectivity index (χ4n) is 5.01. The first-order valence-electron chi connectivity index (χ1n) is 10.9. The van der Waals surface area contributed by atoms with Gasteiger partial charge < -0.3 is 10.1 Å². The van der Waals surface area contributed by atoms with Gasteiger partial charge in [-0.3, -0.25) is 19.3 Å². The first kappa shape index (κ1) is 24.4. The molecule has 3 saturated heterocycles. The molecule has 0 aromatic carbocycles. The average Bonchev–Trinajstić information content (AvgIpc) is 3.19. The summed E-state index contributed by atoms with van der Waals surface area (Å²) >= 11 is 0. The van der Waals surface area contributed by atoms with Crippen LogP contribution in [0.15, 0.2) is 17.3 Å². The summed E-state index contributed by atoms with van der Waals surface area (Å²) in [5, 5.41) is 6.36. The number of sulfonamides is 1. The molecule has 0 spiro atoms. The maximum Gasteiger partial charge on any atom is 0.405 e. The number of amides is 1. The monoisotopic (exact) mass is 494 g/mol. The quantitative estimate of drug-likeness (QED) is 0.628. The van der Waals surface area contributed by atoms with E-state index in [0.717, 1.165) is 8.99 Å². The van der Waals surface area contributed by atoms with E-state index in [2.05, 4.69) is 15.3 Å². The van der Waals surface area contributed by atoms with Gasteiger partial charge in [0.2, 0.25) is 5.91 Å². The van der Waals surface area contributed by atoms with Gasteiger partial charge in [-0.25, -0.2) is 8.42 Å². The van der Waals surface area contributed by atoms with Crippen LogP contribution in [0.2, 0.25) is 0 Å². The average molecular weight is 495 g/mol. The van der Waals surface area contributed by atoms with Crippen LogP contribution in [-0.4, -0.2) is 108 Å². The van der Waals surface area contributed by atoms with Crippen LogP contribution in [0.5, 0.6) is 0 Å². The molecule has 10 nitrogen and oxygen atoms in total. The molecule has 186 valence electrons. The number of halogens is 3. The molecule has 3 fully saturated rings. The van der Waals surface area contributed by atoms with E-state index in [1.807, 2.05) is 6.92 Å². The van der Waals surface area contributed by atoms with Crippen LogP contribution in [-0.2, 0) is 26.6 Å². The summed E-state index contributed by atoms with van der Waals surface area (Å²) in [5.41, 5.74) is 0. The number of nitrogens with one attached hydrogen (secondary N) is 1. The van der Waals surface area contributed by atoms with Gasteiger partial charge in [0.05, 0.1) is 25.6 Å². The van der Waals surface area contributed by atoms with Gasteiger partial charge in [0.25, 0.3) is 10.0 Å². The maximum absolute atomic E-state index is 14.1. The molecule has 14 heteroatoms. The molecule has 3 aliphatic heterocycles. The van der Waals surface area contributed by atoms with E-state index >= 15 is 0 Å². The minimum atomic E-state index is -4.68. The van der Waals surface area contributed by atoms with Crippen molar-refractivity contribution in [2.45, 2.75) is 55.3 Å². The number of aryl methyl sites for hydroxylation is 1. The number of alkyl halides is 3. The number of hydrogen-bond donors (Lipinski definition) is 1. The molecule has 0 saturated carbocycles. The number of nitrogens with zero attached hydrogens (tertiary/aromatic N) is 5. The highest BCUT2D eigenvalue weighted by atomic mass is 32.2. The number of aromatic nitrogens is 2. The molecule has 1 aromatic heterocycles. The molecule has 1 amide bonds. The van der Waals surface area contributed by atoms with Gasteiger partial charge in [0, 0.05) is 51.7 Å². The Kier molecular flexibility index (Phi) is 6.75. The lowest BCUT2D eigenvalue weighted by molar-refractivity contribution is -0.203. The SMILES string of the molecule is C[C@@H]1COCCN1C1CC(=O)NC(N2CCN(S(=O)(=O)c3ccnn3C)CC2C(F)(F)F)C1. The van der Waals surface area contributed by atoms with E-state index in [0.29, 0.717) is 26.2 Å². The maximum atomic E-state index is 14.1. The topological polar surface area (TPSA) is 100 Å². The van der Waals surface area contributed by atoms with E-state index in [-0.39, 0.29) is 42.5 Å². The zero-order valence-electron chi connectivity index (χ0n) is 18.5. The largest absolute Gasteiger partial charge is 0.405 e. The molecule has 33 heavy (non-hydrogen) atoms. The van der Waals surface area contributed by atoms with Gasteiger partial charge in [-0.15, -0.1) is 0 Å². The van der Waals surface area contributed by atoms with Gasteiger partial charge in [-0.05, 0) is 19.4 Å². The predicted octanol–water partition coefficient (Wildman–Crippen LogP) is -0.0173. The van der Waals surface area contributed by atoms with Gasteiger partial charge in [0.15, 0.2) is 5.03 Å². The van der Waals surface area contributed by atoms with Crippen LogP contribution in [0.1, 0.15) is 19.8 Å². The first-order valence-corrected chi connectivity index (χ1v) is 12.4. The van der Waals surface area contributed by atoms with Crippen molar-refractivity contribution in [2.24, 2.45) is 7.05 Å². The molecule has 4 atom stereocenters.